The fourth-order valence-electron chi connectivity index (χ4n) is 1.47. The number of rotatable bonds is 3. The molecule has 0 aromatic heterocycles. The summed E-state index contributed by atoms with van der Waals surface area (Å²) in [4.78, 5) is 0. The molecule has 1 aromatic carbocycles. The molecule has 0 unspecified atom stereocenters. The molecule has 1 heterocycles. The Morgan fingerprint density at radius 3 is 2.60 bits per heavy atom. The van der Waals surface area contributed by atoms with Gasteiger partial charge in [0.15, 0.2) is 11.6 Å². The van der Waals surface area contributed by atoms with Gasteiger partial charge in [0.1, 0.15) is 0 Å². The molecule has 82 valence electrons. The average molecular weight is 213 g/mol. The standard InChI is InChI=1S/C11H13F2NO/c1-11(6-15-7-11)5-14-8-2-3-9(12)10(13)4-8/h2-4,14H,5-7H2,1H3. The van der Waals surface area contributed by atoms with Crippen molar-refractivity contribution in [2.24, 2.45) is 5.41 Å². The summed E-state index contributed by atoms with van der Waals surface area (Å²) in [7, 11) is 0. The number of hydrogen-bond donors (Lipinski definition) is 1. The van der Waals surface area contributed by atoms with Crippen molar-refractivity contribution >= 4 is 5.69 Å². The summed E-state index contributed by atoms with van der Waals surface area (Å²) >= 11 is 0. The monoisotopic (exact) mass is 213 g/mol. The average Bonchev–Trinajstić information content (AvgIpc) is 2.17. The smallest absolute Gasteiger partial charge is 0.160 e. The van der Waals surface area contributed by atoms with Gasteiger partial charge in [-0.3, -0.25) is 0 Å². The van der Waals surface area contributed by atoms with Crippen LogP contribution >= 0.6 is 0 Å². The number of hydrogen-bond acceptors (Lipinski definition) is 2. The molecule has 1 fully saturated rings. The van der Waals surface area contributed by atoms with Crippen LogP contribution in [0.15, 0.2) is 18.2 Å². The maximum Gasteiger partial charge on any atom is 0.160 e. The summed E-state index contributed by atoms with van der Waals surface area (Å²) in [5.74, 6) is -1.64. The van der Waals surface area contributed by atoms with Crippen molar-refractivity contribution in [2.75, 3.05) is 25.1 Å². The number of benzene rings is 1. The summed E-state index contributed by atoms with van der Waals surface area (Å²) < 4.78 is 30.6. The molecular weight excluding hydrogens is 200 g/mol. The van der Waals surface area contributed by atoms with E-state index in [2.05, 4.69) is 12.2 Å². The molecule has 2 nitrogen and oxygen atoms in total. The second-order valence-electron chi connectivity index (χ2n) is 4.29. The van der Waals surface area contributed by atoms with Crippen molar-refractivity contribution in [3.63, 3.8) is 0 Å². The molecule has 4 heteroatoms. The molecule has 0 aliphatic carbocycles. The molecule has 1 saturated heterocycles. The normalized spacial score (nSPS) is 18.3. The van der Waals surface area contributed by atoms with Crippen LogP contribution in [0.5, 0.6) is 0 Å². The van der Waals surface area contributed by atoms with Gasteiger partial charge in [0, 0.05) is 17.6 Å². The van der Waals surface area contributed by atoms with Crippen LogP contribution in [0.2, 0.25) is 0 Å². The third-order valence-electron chi connectivity index (χ3n) is 2.54. The highest BCUT2D eigenvalue weighted by atomic mass is 19.2. The lowest BCUT2D eigenvalue weighted by Crippen LogP contribution is -2.45. The van der Waals surface area contributed by atoms with Crippen LogP contribution in [0.4, 0.5) is 14.5 Å². The van der Waals surface area contributed by atoms with E-state index < -0.39 is 11.6 Å². The summed E-state index contributed by atoms with van der Waals surface area (Å²) in [6.45, 7) is 4.22. The van der Waals surface area contributed by atoms with E-state index in [4.69, 9.17) is 4.74 Å². The van der Waals surface area contributed by atoms with Crippen molar-refractivity contribution in [3.05, 3.63) is 29.8 Å². The Labute approximate surface area is 87.2 Å². The van der Waals surface area contributed by atoms with Crippen LogP contribution in [0.25, 0.3) is 0 Å². The van der Waals surface area contributed by atoms with E-state index in [0.717, 1.165) is 12.1 Å². The second kappa shape index (κ2) is 3.77. The fourth-order valence-corrected chi connectivity index (χ4v) is 1.47. The van der Waals surface area contributed by atoms with Crippen LogP contribution < -0.4 is 5.32 Å². The van der Waals surface area contributed by atoms with Gasteiger partial charge >= 0.3 is 0 Å². The summed E-state index contributed by atoms with van der Waals surface area (Å²) in [5, 5.41) is 3.07. The molecule has 2 rings (SSSR count). The van der Waals surface area contributed by atoms with Gasteiger partial charge in [-0.05, 0) is 18.2 Å². The molecule has 15 heavy (non-hydrogen) atoms. The molecule has 0 atom stereocenters. The quantitative estimate of drug-likeness (QED) is 0.832. The lowest BCUT2D eigenvalue weighted by molar-refractivity contribution is -0.0924. The first kappa shape index (κ1) is 10.4. The molecule has 1 aliphatic heterocycles. The minimum Gasteiger partial charge on any atom is -0.384 e. The van der Waals surface area contributed by atoms with Gasteiger partial charge in [0.25, 0.3) is 0 Å². The fraction of sp³-hybridized carbons (Fsp3) is 0.455. The van der Waals surface area contributed by atoms with Gasteiger partial charge < -0.3 is 10.1 Å². The molecule has 1 aromatic rings. The Hall–Kier alpha value is -1.16. The molecule has 0 radical (unpaired) electrons. The van der Waals surface area contributed by atoms with Gasteiger partial charge in [-0.2, -0.15) is 0 Å². The molecule has 1 N–H and O–H groups in total. The van der Waals surface area contributed by atoms with E-state index >= 15 is 0 Å². The van der Waals surface area contributed by atoms with Crippen molar-refractivity contribution in [2.45, 2.75) is 6.92 Å². The Morgan fingerprint density at radius 2 is 2.07 bits per heavy atom. The van der Waals surface area contributed by atoms with Crippen molar-refractivity contribution in [1.82, 2.24) is 0 Å². The van der Waals surface area contributed by atoms with Gasteiger partial charge in [-0.1, -0.05) is 6.92 Å². The predicted molar refractivity (Wildman–Crippen MR) is 53.8 cm³/mol. The van der Waals surface area contributed by atoms with Crippen molar-refractivity contribution in [1.29, 1.82) is 0 Å². The molecule has 0 spiro atoms. The number of ether oxygens (including phenoxy) is 1. The number of halogens is 2. The molecule has 0 bridgehead atoms. The minimum absolute atomic E-state index is 0.116. The third-order valence-corrected chi connectivity index (χ3v) is 2.54. The van der Waals surface area contributed by atoms with E-state index in [1.807, 2.05) is 0 Å². The largest absolute Gasteiger partial charge is 0.384 e. The zero-order valence-corrected chi connectivity index (χ0v) is 8.52. The van der Waals surface area contributed by atoms with E-state index in [9.17, 15) is 8.78 Å². The Bertz CT molecular complexity index is 364. The maximum absolute atomic E-state index is 12.9. The zero-order valence-electron chi connectivity index (χ0n) is 8.52. The predicted octanol–water partition coefficient (Wildman–Crippen LogP) is 2.41. The van der Waals surface area contributed by atoms with E-state index in [1.165, 1.54) is 6.07 Å². The number of nitrogens with one attached hydrogen (secondary N) is 1. The lowest BCUT2D eigenvalue weighted by Gasteiger charge is -2.38. The highest BCUT2D eigenvalue weighted by Crippen LogP contribution is 2.26. The van der Waals surface area contributed by atoms with Gasteiger partial charge in [0.2, 0.25) is 0 Å². The first-order valence-electron chi connectivity index (χ1n) is 4.86. The summed E-state index contributed by atoms with van der Waals surface area (Å²) in [6.07, 6.45) is 0. The van der Waals surface area contributed by atoms with Gasteiger partial charge in [-0.15, -0.1) is 0 Å². The molecular formula is C11H13F2NO. The van der Waals surface area contributed by atoms with Crippen LogP contribution in [-0.4, -0.2) is 19.8 Å². The molecule has 0 saturated carbocycles. The molecule has 1 aliphatic rings. The van der Waals surface area contributed by atoms with E-state index in [0.29, 0.717) is 25.4 Å². The molecule has 0 amide bonds. The van der Waals surface area contributed by atoms with Gasteiger partial charge in [0.05, 0.1) is 13.2 Å². The lowest BCUT2D eigenvalue weighted by atomic mass is 9.89. The van der Waals surface area contributed by atoms with Crippen LogP contribution in [0.1, 0.15) is 6.92 Å². The van der Waals surface area contributed by atoms with Crippen LogP contribution in [0.3, 0.4) is 0 Å². The Kier molecular flexibility index (Phi) is 2.61. The van der Waals surface area contributed by atoms with Crippen molar-refractivity contribution < 1.29 is 13.5 Å². The van der Waals surface area contributed by atoms with E-state index in [-0.39, 0.29) is 5.41 Å². The first-order chi connectivity index (χ1) is 7.09. The highest BCUT2D eigenvalue weighted by molar-refractivity contribution is 5.43. The van der Waals surface area contributed by atoms with Crippen molar-refractivity contribution in [3.8, 4) is 0 Å². The van der Waals surface area contributed by atoms with E-state index in [1.54, 1.807) is 0 Å². The maximum atomic E-state index is 12.9. The summed E-state index contributed by atoms with van der Waals surface area (Å²) in [5.41, 5.74) is 0.715. The second-order valence-corrected chi connectivity index (χ2v) is 4.29. The Morgan fingerprint density at radius 1 is 1.33 bits per heavy atom. The summed E-state index contributed by atoms with van der Waals surface area (Å²) in [6, 6.07) is 3.82. The highest BCUT2D eigenvalue weighted by Gasteiger charge is 2.32. The SMILES string of the molecule is CC1(CNc2ccc(F)c(F)c2)COC1. The third kappa shape index (κ3) is 2.26. The van der Waals surface area contributed by atoms with Gasteiger partial charge in [-0.25, -0.2) is 8.78 Å². The van der Waals surface area contributed by atoms with Crippen LogP contribution in [0, 0.1) is 17.0 Å². The number of anilines is 1. The first-order valence-corrected chi connectivity index (χ1v) is 4.86. The zero-order chi connectivity index (χ0) is 10.9. The topological polar surface area (TPSA) is 21.3 Å². The van der Waals surface area contributed by atoms with Crippen LogP contribution in [-0.2, 0) is 4.74 Å². The minimum atomic E-state index is -0.824. The Balaban J connectivity index is 1.96.